The lowest BCUT2D eigenvalue weighted by Gasteiger charge is -2.35. The van der Waals surface area contributed by atoms with Crippen molar-refractivity contribution in [2.75, 3.05) is 43.4 Å². The summed E-state index contributed by atoms with van der Waals surface area (Å²) in [6, 6.07) is 11.3. The van der Waals surface area contributed by atoms with Gasteiger partial charge in [-0.25, -0.2) is 19.3 Å². The van der Waals surface area contributed by atoms with E-state index in [0.717, 1.165) is 43.1 Å². The van der Waals surface area contributed by atoms with Crippen molar-refractivity contribution < 1.29 is 10.2 Å². The van der Waals surface area contributed by atoms with Gasteiger partial charge in [0, 0.05) is 49.3 Å². The number of allylic oxidation sites excluding steroid dienone is 2. The summed E-state index contributed by atoms with van der Waals surface area (Å²) in [6.45, 7) is 4.03. The maximum absolute atomic E-state index is 13.3. The zero-order chi connectivity index (χ0) is 26.9. The smallest absolute Gasteiger partial charge is 0.278 e. The van der Waals surface area contributed by atoms with Crippen molar-refractivity contribution in [1.82, 2.24) is 29.2 Å². The van der Waals surface area contributed by atoms with Crippen LogP contribution in [0.3, 0.4) is 0 Å². The first kappa shape index (κ1) is 25.2. The summed E-state index contributed by atoms with van der Waals surface area (Å²) in [5.74, 6) is 0.818. The van der Waals surface area contributed by atoms with E-state index >= 15 is 0 Å². The Balaban J connectivity index is 1.38. The summed E-state index contributed by atoms with van der Waals surface area (Å²) in [6.07, 6.45) is 5.95. The molecule has 2 aliphatic heterocycles. The third kappa shape index (κ3) is 4.91. The molecule has 4 aromatic rings. The third-order valence-electron chi connectivity index (χ3n) is 7.39. The molecule has 3 N–H and O–H groups in total. The molecule has 1 fully saturated rings. The standard InChI is InChI=1S/C28H32N8O3/c1-33-12-14-34(15-13-33)23-10-9-20(16-19(23)18-37)30-28-29-17-21-26(32-28)36-25-8-5-6-22(31-25)24(38)7-3-2-4-11-35(36)27(21)39/h2,4-6,8-10,16-17,24,37-38H,3,7,11-15,18H2,1H3,(H,29,30,32)/b4-2-. The summed E-state index contributed by atoms with van der Waals surface area (Å²) >= 11 is 0. The molecule has 0 aliphatic carbocycles. The molecule has 2 aliphatic rings. The van der Waals surface area contributed by atoms with Gasteiger partial charge in [0.2, 0.25) is 5.95 Å². The number of likely N-dealkylation sites (N-methyl/N-ethyl adjacent to an activating group) is 1. The van der Waals surface area contributed by atoms with E-state index in [4.69, 9.17) is 4.98 Å². The molecule has 0 radical (unpaired) electrons. The first-order valence-electron chi connectivity index (χ1n) is 13.2. The van der Waals surface area contributed by atoms with Crippen molar-refractivity contribution in [2.24, 2.45) is 0 Å². The minimum absolute atomic E-state index is 0.0825. The Morgan fingerprint density at radius 2 is 1.92 bits per heavy atom. The average Bonchev–Trinajstić information content (AvgIpc) is 3.22. The molecular weight excluding hydrogens is 496 g/mol. The lowest BCUT2D eigenvalue weighted by atomic mass is 10.1. The summed E-state index contributed by atoms with van der Waals surface area (Å²) in [5.41, 5.74) is 3.34. The number of nitrogens with zero attached hydrogens (tertiary/aromatic N) is 7. The molecule has 1 aromatic carbocycles. The molecular formula is C28H32N8O3. The van der Waals surface area contributed by atoms with Crippen LogP contribution in [0.25, 0.3) is 16.9 Å². The number of nitrogens with one attached hydrogen (secondary N) is 1. The number of piperazine rings is 1. The van der Waals surface area contributed by atoms with Gasteiger partial charge >= 0.3 is 0 Å². The number of anilines is 3. The van der Waals surface area contributed by atoms with Crippen LogP contribution < -0.4 is 15.8 Å². The van der Waals surface area contributed by atoms with Crippen molar-refractivity contribution in [3.8, 4) is 5.82 Å². The van der Waals surface area contributed by atoms with Crippen LogP contribution in [-0.2, 0) is 13.2 Å². The molecule has 0 saturated carbocycles. The van der Waals surface area contributed by atoms with Crippen LogP contribution in [0.5, 0.6) is 0 Å². The van der Waals surface area contributed by atoms with Gasteiger partial charge in [0.05, 0.1) is 24.9 Å². The Labute approximate surface area is 225 Å². The number of fused-ring (bicyclic) bond motifs is 6. The fourth-order valence-electron chi connectivity index (χ4n) is 5.20. The number of hydrogen-bond acceptors (Lipinski definition) is 9. The SMILES string of the molecule is CN1CCN(c2ccc(Nc3ncc4c(=O)n5n(c4n3)-c3cccc(n3)C(O)CC/C=C\C5)cc2CO)CC1. The van der Waals surface area contributed by atoms with Crippen LogP contribution in [0.4, 0.5) is 17.3 Å². The first-order chi connectivity index (χ1) is 19.0. The van der Waals surface area contributed by atoms with Crippen molar-refractivity contribution >= 4 is 28.4 Å². The fraction of sp³-hybridized carbons (Fsp3) is 0.357. The number of pyridine rings is 1. The van der Waals surface area contributed by atoms with Gasteiger partial charge in [0.1, 0.15) is 5.39 Å². The molecule has 11 heteroatoms. The summed E-state index contributed by atoms with van der Waals surface area (Å²) < 4.78 is 3.27. The topological polar surface area (TPSA) is 125 Å². The van der Waals surface area contributed by atoms with E-state index in [0.29, 0.717) is 47.9 Å². The van der Waals surface area contributed by atoms with Crippen molar-refractivity contribution in [3.63, 3.8) is 0 Å². The van der Waals surface area contributed by atoms with Crippen LogP contribution in [0.15, 0.2) is 59.5 Å². The molecule has 1 unspecified atom stereocenters. The Hall–Kier alpha value is -4.06. The maximum Gasteiger partial charge on any atom is 0.278 e. The van der Waals surface area contributed by atoms with Gasteiger partial charge in [-0.05, 0) is 50.2 Å². The van der Waals surface area contributed by atoms with Crippen LogP contribution in [-0.4, -0.2) is 72.7 Å². The Morgan fingerprint density at radius 1 is 1.08 bits per heavy atom. The third-order valence-corrected chi connectivity index (χ3v) is 7.39. The van der Waals surface area contributed by atoms with Gasteiger partial charge < -0.3 is 25.3 Å². The van der Waals surface area contributed by atoms with Crippen LogP contribution in [0.2, 0.25) is 0 Å². The summed E-state index contributed by atoms with van der Waals surface area (Å²) in [7, 11) is 2.12. The largest absolute Gasteiger partial charge is 0.392 e. The Kier molecular flexibility index (Phi) is 6.86. The van der Waals surface area contributed by atoms with Gasteiger partial charge in [0.15, 0.2) is 11.5 Å². The Morgan fingerprint density at radius 3 is 2.74 bits per heavy atom. The molecule has 5 heterocycles. The number of benzene rings is 1. The highest BCUT2D eigenvalue weighted by atomic mass is 16.3. The molecule has 6 rings (SSSR count). The number of rotatable bonds is 4. The van der Waals surface area contributed by atoms with Gasteiger partial charge in [-0.15, -0.1) is 0 Å². The van der Waals surface area contributed by atoms with Crippen molar-refractivity contribution in [3.05, 3.63) is 76.4 Å². The predicted molar refractivity (Wildman–Crippen MR) is 150 cm³/mol. The molecule has 202 valence electrons. The molecule has 3 aromatic heterocycles. The second-order valence-corrected chi connectivity index (χ2v) is 10.0. The van der Waals surface area contributed by atoms with Gasteiger partial charge in [-0.1, -0.05) is 18.2 Å². The van der Waals surface area contributed by atoms with Gasteiger partial charge in [-0.2, -0.15) is 4.98 Å². The van der Waals surface area contributed by atoms with E-state index < -0.39 is 6.10 Å². The maximum atomic E-state index is 13.3. The monoisotopic (exact) mass is 528 g/mol. The van der Waals surface area contributed by atoms with Gasteiger partial charge in [0.25, 0.3) is 5.56 Å². The Bertz CT molecular complexity index is 1590. The van der Waals surface area contributed by atoms with E-state index in [1.807, 2.05) is 36.4 Å². The lowest BCUT2D eigenvalue weighted by molar-refractivity contribution is 0.164. The fourth-order valence-corrected chi connectivity index (χ4v) is 5.20. The quantitative estimate of drug-likeness (QED) is 0.342. The summed E-state index contributed by atoms with van der Waals surface area (Å²) in [4.78, 5) is 31.7. The molecule has 2 bridgehead atoms. The highest BCUT2D eigenvalue weighted by Gasteiger charge is 2.21. The number of hydrogen-bond donors (Lipinski definition) is 3. The van der Waals surface area contributed by atoms with Crippen molar-refractivity contribution in [1.29, 1.82) is 0 Å². The van der Waals surface area contributed by atoms with Crippen LogP contribution >= 0.6 is 0 Å². The molecule has 11 nitrogen and oxygen atoms in total. The van der Waals surface area contributed by atoms with Crippen molar-refractivity contribution in [2.45, 2.75) is 32.1 Å². The lowest BCUT2D eigenvalue weighted by Crippen LogP contribution is -2.44. The zero-order valence-corrected chi connectivity index (χ0v) is 21.9. The zero-order valence-electron chi connectivity index (χ0n) is 21.9. The molecule has 1 atom stereocenters. The van der Waals surface area contributed by atoms with E-state index in [9.17, 15) is 15.0 Å². The highest BCUT2D eigenvalue weighted by molar-refractivity contribution is 5.77. The second-order valence-electron chi connectivity index (χ2n) is 10.0. The predicted octanol–water partition coefficient (Wildman–Crippen LogP) is 2.35. The first-order valence-corrected chi connectivity index (χ1v) is 13.2. The minimum atomic E-state index is -0.698. The minimum Gasteiger partial charge on any atom is -0.392 e. The van der Waals surface area contributed by atoms with Gasteiger partial charge in [-0.3, -0.25) is 4.79 Å². The normalized spacial score (nSPS) is 18.9. The second kappa shape index (κ2) is 10.6. The number of aliphatic hydroxyl groups is 2. The van der Waals surface area contributed by atoms with E-state index in [1.165, 1.54) is 6.20 Å². The highest BCUT2D eigenvalue weighted by Crippen LogP contribution is 2.27. The van der Waals surface area contributed by atoms with Crippen LogP contribution in [0.1, 0.15) is 30.2 Å². The van der Waals surface area contributed by atoms with Crippen LogP contribution in [0, 0.1) is 0 Å². The number of aromatic nitrogens is 5. The van der Waals surface area contributed by atoms with E-state index in [1.54, 1.807) is 21.5 Å². The summed E-state index contributed by atoms with van der Waals surface area (Å²) in [5, 5.41) is 24.3. The molecule has 0 spiro atoms. The molecule has 1 saturated heterocycles. The van der Waals surface area contributed by atoms with E-state index in [2.05, 4.69) is 32.1 Å². The number of aliphatic hydroxyl groups excluding tert-OH is 2. The average molecular weight is 529 g/mol. The molecule has 0 amide bonds. The molecule has 39 heavy (non-hydrogen) atoms. The van der Waals surface area contributed by atoms with E-state index in [-0.39, 0.29) is 12.2 Å².